The van der Waals surface area contributed by atoms with Gasteiger partial charge in [0.25, 0.3) is 0 Å². The molecule has 0 amide bonds. The van der Waals surface area contributed by atoms with Crippen molar-refractivity contribution in [2.24, 2.45) is 0 Å². The molecule has 0 aliphatic carbocycles. The molecule has 0 unspecified atom stereocenters. The van der Waals surface area contributed by atoms with Gasteiger partial charge in [0, 0.05) is 13.5 Å². The molecule has 7 nitrogen and oxygen atoms in total. The van der Waals surface area contributed by atoms with Gasteiger partial charge in [0.15, 0.2) is 12.4 Å². The molecule has 1 aliphatic rings. The first kappa shape index (κ1) is 16.3. The number of aliphatic hydroxyl groups is 3. The predicted octanol–water partition coefficient (Wildman–Crippen LogP) is -0.826. The summed E-state index contributed by atoms with van der Waals surface area (Å²) in [6.45, 7) is 3.08. The number of ether oxygens (including phenoxy) is 3. The van der Waals surface area contributed by atoms with Crippen LogP contribution in [0.15, 0.2) is 0 Å². The number of carbonyl (C=O) groups excluding carboxylic acids is 1. The molecule has 0 saturated carbocycles. The van der Waals surface area contributed by atoms with E-state index in [0.717, 1.165) is 12.8 Å². The van der Waals surface area contributed by atoms with E-state index in [4.69, 9.17) is 19.3 Å². The number of rotatable bonds is 6. The van der Waals surface area contributed by atoms with E-state index in [2.05, 4.69) is 0 Å². The number of aliphatic hydroxyl groups excluding tert-OH is 3. The highest BCUT2D eigenvalue weighted by atomic mass is 16.7. The molecule has 0 radical (unpaired) electrons. The molecule has 0 aromatic carbocycles. The molecular formula is C12H22O7. The highest BCUT2D eigenvalue weighted by molar-refractivity contribution is 5.66. The van der Waals surface area contributed by atoms with Crippen molar-refractivity contribution in [1.29, 1.82) is 0 Å². The summed E-state index contributed by atoms with van der Waals surface area (Å²) in [6.07, 6.45) is -3.91. The van der Waals surface area contributed by atoms with E-state index in [1.165, 1.54) is 6.92 Å². The number of hydrogen-bond donors (Lipinski definition) is 3. The SMILES string of the molecule is CCCCO[C@@H]1[C@H](O)[C@@H](CO)O[C@H](O)[C@H]1OC(C)=O. The maximum Gasteiger partial charge on any atom is 0.303 e. The van der Waals surface area contributed by atoms with Gasteiger partial charge in [-0.1, -0.05) is 13.3 Å². The second-order valence-corrected chi connectivity index (χ2v) is 4.50. The molecule has 7 heteroatoms. The van der Waals surface area contributed by atoms with E-state index < -0.39 is 43.3 Å². The van der Waals surface area contributed by atoms with Crippen LogP contribution < -0.4 is 0 Å². The highest BCUT2D eigenvalue weighted by Gasteiger charge is 2.47. The van der Waals surface area contributed by atoms with Crippen LogP contribution >= 0.6 is 0 Å². The van der Waals surface area contributed by atoms with Gasteiger partial charge in [-0.25, -0.2) is 0 Å². The molecule has 0 aromatic heterocycles. The molecule has 0 bridgehead atoms. The topological polar surface area (TPSA) is 105 Å². The Morgan fingerprint density at radius 3 is 2.53 bits per heavy atom. The van der Waals surface area contributed by atoms with Gasteiger partial charge in [-0.2, -0.15) is 0 Å². The van der Waals surface area contributed by atoms with Crippen molar-refractivity contribution in [2.45, 2.75) is 57.4 Å². The summed E-state index contributed by atoms with van der Waals surface area (Å²) in [5.41, 5.74) is 0. The smallest absolute Gasteiger partial charge is 0.303 e. The van der Waals surface area contributed by atoms with Crippen molar-refractivity contribution in [3.05, 3.63) is 0 Å². The third-order valence-electron chi connectivity index (χ3n) is 2.93. The molecule has 3 N–H and O–H groups in total. The summed E-state index contributed by atoms with van der Waals surface area (Å²) < 4.78 is 15.4. The van der Waals surface area contributed by atoms with E-state index in [0.29, 0.717) is 6.61 Å². The number of carbonyl (C=O) groups is 1. The van der Waals surface area contributed by atoms with Gasteiger partial charge in [-0.15, -0.1) is 0 Å². The van der Waals surface area contributed by atoms with Crippen LogP contribution in [0.5, 0.6) is 0 Å². The van der Waals surface area contributed by atoms with Gasteiger partial charge in [0.05, 0.1) is 6.61 Å². The molecule has 19 heavy (non-hydrogen) atoms. The maximum absolute atomic E-state index is 11.0. The lowest BCUT2D eigenvalue weighted by Crippen LogP contribution is -2.60. The Balaban J connectivity index is 2.74. The van der Waals surface area contributed by atoms with Crippen molar-refractivity contribution in [2.75, 3.05) is 13.2 Å². The Morgan fingerprint density at radius 1 is 1.32 bits per heavy atom. The average molecular weight is 278 g/mol. The van der Waals surface area contributed by atoms with Crippen LogP contribution in [0, 0.1) is 0 Å². The van der Waals surface area contributed by atoms with Crippen molar-refractivity contribution in [3.8, 4) is 0 Å². The fourth-order valence-corrected chi connectivity index (χ4v) is 1.93. The lowest BCUT2D eigenvalue weighted by molar-refractivity contribution is -0.297. The Morgan fingerprint density at radius 2 is 2.00 bits per heavy atom. The zero-order valence-corrected chi connectivity index (χ0v) is 11.2. The summed E-state index contributed by atoms with van der Waals surface area (Å²) in [4.78, 5) is 11.0. The van der Waals surface area contributed by atoms with Crippen LogP contribution in [0.3, 0.4) is 0 Å². The van der Waals surface area contributed by atoms with E-state index in [1.54, 1.807) is 0 Å². The quantitative estimate of drug-likeness (QED) is 0.430. The molecule has 112 valence electrons. The normalized spacial score (nSPS) is 35.1. The predicted molar refractivity (Wildman–Crippen MR) is 64.2 cm³/mol. The van der Waals surface area contributed by atoms with Crippen molar-refractivity contribution in [3.63, 3.8) is 0 Å². The van der Waals surface area contributed by atoms with Crippen molar-refractivity contribution in [1.82, 2.24) is 0 Å². The van der Waals surface area contributed by atoms with Gasteiger partial charge in [-0.05, 0) is 6.42 Å². The summed E-state index contributed by atoms with van der Waals surface area (Å²) in [7, 11) is 0. The first-order valence-electron chi connectivity index (χ1n) is 6.42. The first-order chi connectivity index (χ1) is 9.01. The third-order valence-corrected chi connectivity index (χ3v) is 2.93. The summed E-state index contributed by atoms with van der Waals surface area (Å²) >= 11 is 0. The van der Waals surface area contributed by atoms with Gasteiger partial charge in [0.1, 0.15) is 18.3 Å². The molecule has 1 heterocycles. The Hall–Kier alpha value is -0.730. The van der Waals surface area contributed by atoms with Crippen LogP contribution in [0.4, 0.5) is 0 Å². The monoisotopic (exact) mass is 278 g/mol. The second-order valence-electron chi connectivity index (χ2n) is 4.50. The summed E-state index contributed by atoms with van der Waals surface area (Å²) in [6, 6.07) is 0. The molecule has 1 rings (SSSR count). The standard InChI is InChI=1S/C12H22O7/c1-3-4-5-17-10-9(15)8(6-13)19-12(16)11(10)18-7(2)14/h8-13,15-16H,3-6H2,1-2H3/t8-,9-,10-,11+,12+/m1/s1. The minimum Gasteiger partial charge on any atom is -0.454 e. The Kier molecular flexibility index (Phi) is 6.67. The van der Waals surface area contributed by atoms with Crippen molar-refractivity contribution < 1.29 is 34.3 Å². The zero-order chi connectivity index (χ0) is 14.4. The van der Waals surface area contributed by atoms with Gasteiger partial charge in [0.2, 0.25) is 0 Å². The third kappa shape index (κ3) is 4.39. The van der Waals surface area contributed by atoms with Crippen LogP contribution in [-0.4, -0.2) is 65.2 Å². The first-order valence-corrected chi connectivity index (χ1v) is 6.42. The van der Waals surface area contributed by atoms with Crippen LogP contribution in [-0.2, 0) is 19.0 Å². The van der Waals surface area contributed by atoms with Gasteiger partial charge < -0.3 is 29.5 Å². The largest absolute Gasteiger partial charge is 0.454 e. The molecule has 1 saturated heterocycles. The highest BCUT2D eigenvalue weighted by Crippen LogP contribution is 2.25. The zero-order valence-electron chi connectivity index (χ0n) is 11.2. The van der Waals surface area contributed by atoms with Crippen LogP contribution in [0.1, 0.15) is 26.7 Å². The number of unbranched alkanes of at least 4 members (excludes halogenated alkanes) is 1. The van der Waals surface area contributed by atoms with Gasteiger partial charge >= 0.3 is 5.97 Å². The molecule has 1 aliphatic heterocycles. The second kappa shape index (κ2) is 7.76. The number of hydrogen-bond acceptors (Lipinski definition) is 7. The lowest BCUT2D eigenvalue weighted by Gasteiger charge is -2.41. The van der Waals surface area contributed by atoms with Gasteiger partial charge in [-0.3, -0.25) is 4.79 Å². The summed E-state index contributed by atoms with van der Waals surface area (Å²) in [5.74, 6) is -0.605. The Labute approximate surface area is 112 Å². The van der Waals surface area contributed by atoms with Crippen LogP contribution in [0.25, 0.3) is 0 Å². The molecular weight excluding hydrogens is 256 g/mol. The van der Waals surface area contributed by atoms with E-state index in [1.807, 2.05) is 6.92 Å². The van der Waals surface area contributed by atoms with E-state index in [-0.39, 0.29) is 0 Å². The fraction of sp³-hybridized carbons (Fsp3) is 0.917. The maximum atomic E-state index is 11.0. The number of esters is 1. The average Bonchev–Trinajstić information content (AvgIpc) is 2.36. The minimum absolute atomic E-state index is 0.362. The lowest BCUT2D eigenvalue weighted by atomic mass is 9.99. The molecule has 0 aromatic rings. The molecule has 1 fully saturated rings. The summed E-state index contributed by atoms with van der Waals surface area (Å²) in [5, 5.41) is 28.9. The minimum atomic E-state index is -1.43. The Bertz CT molecular complexity index is 283. The van der Waals surface area contributed by atoms with Crippen molar-refractivity contribution >= 4 is 5.97 Å². The van der Waals surface area contributed by atoms with E-state index >= 15 is 0 Å². The van der Waals surface area contributed by atoms with Crippen LogP contribution in [0.2, 0.25) is 0 Å². The fourth-order valence-electron chi connectivity index (χ4n) is 1.93. The molecule has 5 atom stereocenters. The van der Waals surface area contributed by atoms with E-state index in [9.17, 15) is 15.0 Å². The molecule has 0 spiro atoms.